The molecule has 0 saturated carbocycles. The molecule has 30 heavy (non-hydrogen) atoms. The highest BCUT2D eigenvalue weighted by Crippen LogP contribution is 2.35. The molecule has 0 atom stereocenters. The molecule has 1 amide bonds. The van der Waals surface area contributed by atoms with E-state index in [4.69, 9.17) is 9.47 Å². The summed E-state index contributed by atoms with van der Waals surface area (Å²) in [6, 6.07) is 13.3. The maximum Gasteiger partial charge on any atom is 0.259 e. The van der Waals surface area contributed by atoms with E-state index in [1.165, 1.54) is 11.3 Å². The number of hydrogen-bond donors (Lipinski definition) is 1. The molecule has 4 rings (SSSR count). The van der Waals surface area contributed by atoms with E-state index < -0.39 is 0 Å². The molecule has 152 valence electrons. The summed E-state index contributed by atoms with van der Waals surface area (Å²) in [7, 11) is 3.22. The summed E-state index contributed by atoms with van der Waals surface area (Å²) in [6.45, 7) is 3.79. The van der Waals surface area contributed by atoms with Crippen molar-refractivity contribution in [2.75, 3.05) is 19.5 Å². The lowest BCUT2D eigenvalue weighted by molar-refractivity contribution is 0.102. The minimum atomic E-state index is -0.221. The normalized spacial score (nSPS) is 10.8. The number of amides is 1. The van der Waals surface area contributed by atoms with Gasteiger partial charge in [0.1, 0.15) is 11.5 Å². The number of rotatable bonds is 5. The summed E-state index contributed by atoms with van der Waals surface area (Å²) < 4.78 is 10.8. The fraction of sp³-hybridized carbons (Fsp3) is 0.174. The Labute approximate surface area is 178 Å². The Morgan fingerprint density at radius 2 is 1.83 bits per heavy atom. The van der Waals surface area contributed by atoms with Crippen molar-refractivity contribution in [1.82, 2.24) is 9.97 Å². The SMILES string of the molecule is COc1ccc(OC)c(-c2csc(NC(=O)c3c(C)nc4ccccc4c3C)n2)c1. The van der Waals surface area contributed by atoms with Gasteiger partial charge in [0.15, 0.2) is 5.13 Å². The molecule has 1 N–H and O–H groups in total. The van der Waals surface area contributed by atoms with Crippen LogP contribution in [0.3, 0.4) is 0 Å². The van der Waals surface area contributed by atoms with E-state index in [9.17, 15) is 4.79 Å². The number of methoxy groups -OCH3 is 2. The van der Waals surface area contributed by atoms with Gasteiger partial charge in [-0.1, -0.05) is 18.2 Å². The zero-order valence-electron chi connectivity index (χ0n) is 17.1. The molecule has 0 unspecified atom stereocenters. The summed E-state index contributed by atoms with van der Waals surface area (Å²) in [4.78, 5) is 22.2. The second-order valence-electron chi connectivity index (χ2n) is 6.77. The van der Waals surface area contributed by atoms with Crippen molar-refractivity contribution in [3.63, 3.8) is 0 Å². The second-order valence-corrected chi connectivity index (χ2v) is 7.63. The number of carbonyl (C=O) groups is 1. The highest BCUT2D eigenvalue weighted by Gasteiger charge is 2.18. The van der Waals surface area contributed by atoms with Crippen LogP contribution in [0, 0.1) is 13.8 Å². The van der Waals surface area contributed by atoms with Crippen molar-refractivity contribution in [3.8, 4) is 22.8 Å². The van der Waals surface area contributed by atoms with Crippen LogP contribution in [-0.2, 0) is 0 Å². The molecule has 0 fully saturated rings. The van der Waals surface area contributed by atoms with Gasteiger partial charge in [-0.3, -0.25) is 15.1 Å². The lowest BCUT2D eigenvalue weighted by Gasteiger charge is -2.11. The monoisotopic (exact) mass is 419 g/mol. The van der Waals surface area contributed by atoms with Crippen LogP contribution >= 0.6 is 11.3 Å². The van der Waals surface area contributed by atoms with Gasteiger partial charge in [0.2, 0.25) is 0 Å². The number of anilines is 1. The summed E-state index contributed by atoms with van der Waals surface area (Å²) in [6.07, 6.45) is 0. The van der Waals surface area contributed by atoms with Crippen LogP contribution in [0.2, 0.25) is 0 Å². The van der Waals surface area contributed by atoms with Gasteiger partial charge in [-0.25, -0.2) is 4.98 Å². The number of fused-ring (bicyclic) bond motifs is 1. The molecule has 0 radical (unpaired) electrons. The molecule has 0 spiro atoms. The fourth-order valence-corrected chi connectivity index (χ4v) is 4.20. The number of carbonyl (C=O) groups excluding carboxylic acids is 1. The molecule has 2 aromatic carbocycles. The summed E-state index contributed by atoms with van der Waals surface area (Å²) in [5.74, 6) is 1.17. The van der Waals surface area contributed by atoms with Gasteiger partial charge in [0.05, 0.1) is 36.7 Å². The van der Waals surface area contributed by atoms with Crippen molar-refractivity contribution >= 4 is 33.3 Å². The van der Waals surface area contributed by atoms with Gasteiger partial charge in [-0.15, -0.1) is 11.3 Å². The average molecular weight is 420 g/mol. The first kappa shape index (κ1) is 19.8. The minimum Gasteiger partial charge on any atom is -0.497 e. The molecule has 0 bridgehead atoms. The first-order chi connectivity index (χ1) is 14.5. The summed E-state index contributed by atoms with van der Waals surface area (Å²) in [5, 5.41) is 6.27. The molecular weight excluding hydrogens is 398 g/mol. The maximum absolute atomic E-state index is 13.0. The number of aromatic nitrogens is 2. The van der Waals surface area contributed by atoms with Crippen molar-refractivity contribution in [1.29, 1.82) is 0 Å². The van der Waals surface area contributed by atoms with Crippen LogP contribution in [-0.4, -0.2) is 30.1 Å². The largest absolute Gasteiger partial charge is 0.497 e. The van der Waals surface area contributed by atoms with Gasteiger partial charge < -0.3 is 9.47 Å². The van der Waals surface area contributed by atoms with Gasteiger partial charge in [-0.05, 0) is 43.7 Å². The fourth-order valence-electron chi connectivity index (χ4n) is 3.49. The molecule has 2 aromatic heterocycles. The Hall–Kier alpha value is -3.45. The van der Waals surface area contributed by atoms with Gasteiger partial charge in [-0.2, -0.15) is 0 Å². The van der Waals surface area contributed by atoms with Gasteiger partial charge in [0, 0.05) is 16.3 Å². The van der Waals surface area contributed by atoms with Crippen LogP contribution in [0.4, 0.5) is 5.13 Å². The molecule has 7 heteroatoms. The Kier molecular flexibility index (Phi) is 5.37. The second kappa shape index (κ2) is 8.12. The molecule has 2 heterocycles. The highest BCUT2D eigenvalue weighted by molar-refractivity contribution is 7.14. The third kappa shape index (κ3) is 3.59. The maximum atomic E-state index is 13.0. The number of thiazole rings is 1. The number of nitrogens with zero attached hydrogens (tertiary/aromatic N) is 2. The molecule has 6 nitrogen and oxygen atoms in total. The third-order valence-electron chi connectivity index (χ3n) is 4.97. The smallest absolute Gasteiger partial charge is 0.259 e. The van der Waals surface area contributed by atoms with E-state index in [1.54, 1.807) is 14.2 Å². The highest BCUT2D eigenvalue weighted by atomic mass is 32.1. The van der Waals surface area contributed by atoms with E-state index in [0.717, 1.165) is 22.0 Å². The predicted octanol–water partition coefficient (Wildman–Crippen LogP) is 5.24. The third-order valence-corrected chi connectivity index (χ3v) is 5.73. The molecule has 0 aliphatic heterocycles. The van der Waals surface area contributed by atoms with Crippen molar-refractivity contribution in [3.05, 3.63) is 64.7 Å². The molecule has 0 saturated heterocycles. The van der Waals surface area contributed by atoms with E-state index in [1.807, 2.05) is 61.7 Å². The number of aryl methyl sites for hydroxylation is 2. The van der Waals surface area contributed by atoms with Crippen LogP contribution in [0.5, 0.6) is 11.5 Å². The average Bonchev–Trinajstić information content (AvgIpc) is 3.21. The summed E-state index contributed by atoms with van der Waals surface area (Å²) >= 11 is 1.36. The Balaban J connectivity index is 1.65. The van der Waals surface area contributed by atoms with Crippen molar-refractivity contribution in [2.45, 2.75) is 13.8 Å². The Morgan fingerprint density at radius 1 is 1.03 bits per heavy atom. The molecule has 0 aliphatic rings. The topological polar surface area (TPSA) is 73.3 Å². The zero-order valence-corrected chi connectivity index (χ0v) is 18.0. The lowest BCUT2D eigenvalue weighted by Crippen LogP contribution is -2.16. The lowest BCUT2D eigenvalue weighted by atomic mass is 10.0. The van der Waals surface area contributed by atoms with Crippen LogP contribution < -0.4 is 14.8 Å². The summed E-state index contributed by atoms with van der Waals surface area (Å²) in [5.41, 5.74) is 4.55. The number of hydrogen-bond acceptors (Lipinski definition) is 6. The number of para-hydroxylation sites is 1. The van der Waals surface area contributed by atoms with Crippen LogP contribution in [0.15, 0.2) is 47.8 Å². The molecule has 4 aromatic rings. The van der Waals surface area contributed by atoms with Crippen molar-refractivity contribution < 1.29 is 14.3 Å². The minimum absolute atomic E-state index is 0.221. The standard InChI is InChI=1S/C23H21N3O3S/c1-13-16-7-5-6-8-18(16)24-14(2)21(13)22(27)26-23-25-19(12-30-23)17-11-15(28-3)9-10-20(17)29-4/h5-12H,1-4H3,(H,25,26,27). The Morgan fingerprint density at radius 3 is 2.60 bits per heavy atom. The Bertz CT molecular complexity index is 1250. The first-order valence-corrected chi connectivity index (χ1v) is 10.2. The number of pyridine rings is 1. The van der Waals surface area contributed by atoms with Gasteiger partial charge in [0.25, 0.3) is 5.91 Å². The quantitative estimate of drug-likeness (QED) is 0.479. The van der Waals surface area contributed by atoms with E-state index in [2.05, 4.69) is 15.3 Å². The van der Waals surface area contributed by atoms with E-state index >= 15 is 0 Å². The van der Waals surface area contributed by atoms with Gasteiger partial charge >= 0.3 is 0 Å². The number of nitrogens with one attached hydrogen (secondary N) is 1. The predicted molar refractivity (Wildman–Crippen MR) is 120 cm³/mol. The van der Waals surface area contributed by atoms with Crippen molar-refractivity contribution in [2.24, 2.45) is 0 Å². The first-order valence-electron chi connectivity index (χ1n) is 9.37. The van der Waals surface area contributed by atoms with Crippen LogP contribution in [0.1, 0.15) is 21.6 Å². The zero-order chi connectivity index (χ0) is 21.3. The van der Waals surface area contributed by atoms with E-state index in [0.29, 0.717) is 33.6 Å². The molecule has 0 aliphatic carbocycles. The molecular formula is C23H21N3O3S. The number of ether oxygens (including phenoxy) is 2. The van der Waals surface area contributed by atoms with E-state index in [-0.39, 0.29) is 5.91 Å². The number of benzene rings is 2. The van der Waals surface area contributed by atoms with Crippen LogP contribution in [0.25, 0.3) is 22.2 Å².